The van der Waals surface area contributed by atoms with Gasteiger partial charge in [-0.1, -0.05) is 64.4 Å². The topological polar surface area (TPSA) is 25.8 Å². The van der Waals surface area contributed by atoms with Crippen LogP contribution in [0.5, 0.6) is 0 Å². The Balaban J connectivity index is 0.00000196. The molecule has 0 spiro atoms. The van der Waals surface area contributed by atoms with Crippen molar-refractivity contribution in [3.05, 3.63) is 71.5 Å². The summed E-state index contributed by atoms with van der Waals surface area (Å²) < 4.78 is 0. The Kier molecular flexibility index (Phi) is 4.67. The number of rotatable bonds is 1. The molecule has 1 aliphatic carbocycles. The molecule has 2 aromatic carbocycles. The van der Waals surface area contributed by atoms with Gasteiger partial charge in [-0.3, -0.25) is 9.97 Å². The standard InChI is InChI=1S/C23H23N2.Ir/c1-22(2,3)19-13-14-24-21(25-19)17-11-8-10-16-15-9-6-7-12-18(15)23(4,5)20(16)17;/h6-10,12-14H,1-5H3;/q-1;. The van der Waals surface area contributed by atoms with Crippen LogP contribution in [0, 0.1) is 6.07 Å². The first-order valence-corrected chi connectivity index (χ1v) is 8.79. The first-order valence-electron chi connectivity index (χ1n) is 8.79. The molecule has 0 saturated carbocycles. The van der Waals surface area contributed by atoms with Crippen LogP contribution in [0.15, 0.2) is 48.7 Å². The minimum Gasteiger partial charge on any atom is -0.285 e. The number of nitrogens with zero attached hydrogens (tertiary/aromatic N) is 2. The Labute approximate surface area is 169 Å². The second-order valence-corrected chi connectivity index (χ2v) is 8.33. The zero-order valence-electron chi connectivity index (χ0n) is 15.8. The minimum atomic E-state index is -0.0832. The zero-order valence-corrected chi connectivity index (χ0v) is 18.2. The Morgan fingerprint density at radius 1 is 0.962 bits per heavy atom. The van der Waals surface area contributed by atoms with Gasteiger partial charge in [-0.05, 0) is 22.6 Å². The van der Waals surface area contributed by atoms with Gasteiger partial charge in [0.05, 0.1) is 5.82 Å². The fraction of sp³-hybridized carbons (Fsp3) is 0.304. The van der Waals surface area contributed by atoms with Crippen LogP contribution in [0.1, 0.15) is 51.4 Å². The average Bonchev–Trinajstić information content (AvgIpc) is 2.83. The van der Waals surface area contributed by atoms with E-state index >= 15 is 0 Å². The Morgan fingerprint density at radius 3 is 2.42 bits per heavy atom. The molecule has 2 nitrogen and oxygen atoms in total. The van der Waals surface area contributed by atoms with E-state index in [2.05, 4.69) is 76.0 Å². The van der Waals surface area contributed by atoms with Crippen LogP contribution in [-0.2, 0) is 30.9 Å². The van der Waals surface area contributed by atoms with Gasteiger partial charge in [-0.2, -0.15) is 0 Å². The fourth-order valence-corrected chi connectivity index (χ4v) is 3.84. The number of fused-ring (bicyclic) bond motifs is 3. The third-order valence-corrected chi connectivity index (χ3v) is 5.16. The molecule has 1 aliphatic rings. The molecule has 0 atom stereocenters. The summed E-state index contributed by atoms with van der Waals surface area (Å²) >= 11 is 0. The van der Waals surface area contributed by atoms with E-state index in [1.807, 2.05) is 18.3 Å². The third kappa shape index (κ3) is 2.84. The monoisotopic (exact) mass is 520 g/mol. The van der Waals surface area contributed by atoms with Crippen molar-refractivity contribution >= 4 is 0 Å². The van der Waals surface area contributed by atoms with Gasteiger partial charge in [0.1, 0.15) is 0 Å². The van der Waals surface area contributed by atoms with Gasteiger partial charge in [-0.15, -0.1) is 29.3 Å². The summed E-state index contributed by atoms with van der Waals surface area (Å²) in [5.41, 5.74) is 7.21. The van der Waals surface area contributed by atoms with Crippen LogP contribution in [0.2, 0.25) is 0 Å². The largest absolute Gasteiger partial charge is 0.285 e. The first kappa shape index (κ1) is 18.9. The normalized spacial score (nSPS) is 14.3. The second kappa shape index (κ2) is 6.40. The molecule has 0 aliphatic heterocycles. The maximum Gasteiger partial charge on any atom is 0.0754 e. The van der Waals surface area contributed by atoms with Gasteiger partial charge in [0, 0.05) is 37.4 Å². The van der Waals surface area contributed by atoms with Crippen LogP contribution < -0.4 is 0 Å². The first-order chi connectivity index (χ1) is 11.8. The number of benzene rings is 2. The Morgan fingerprint density at radius 2 is 1.69 bits per heavy atom. The van der Waals surface area contributed by atoms with E-state index in [1.54, 1.807) is 0 Å². The summed E-state index contributed by atoms with van der Waals surface area (Å²) in [6.45, 7) is 11.1. The summed E-state index contributed by atoms with van der Waals surface area (Å²) in [5.74, 6) is 0.769. The van der Waals surface area contributed by atoms with Crippen molar-refractivity contribution in [1.29, 1.82) is 0 Å². The van der Waals surface area contributed by atoms with E-state index < -0.39 is 0 Å². The SMILES string of the molecule is CC(C)(C)c1ccnc(-c2[c-]ccc3c2C(C)(C)c2ccccc2-3)n1.[Ir]. The molecule has 26 heavy (non-hydrogen) atoms. The van der Waals surface area contributed by atoms with Gasteiger partial charge in [0.25, 0.3) is 0 Å². The molecule has 1 radical (unpaired) electrons. The van der Waals surface area contributed by atoms with Gasteiger partial charge < -0.3 is 0 Å². The molecule has 4 rings (SSSR count). The van der Waals surface area contributed by atoms with Gasteiger partial charge >= 0.3 is 0 Å². The third-order valence-electron chi connectivity index (χ3n) is 5.16. The molecule has 3 aromatic rings. The van der Waals surface area contributed by atoms with Crippen LogP contribution in [-0.4, -0.2) is 9.97 Å². The van der Waals surface area contributed by atoms with E-state index in [0.29, 0.717) is 0 Å². The maximum absolute atomic E-state index is 4.88. The maximum atomic E-state index is 4.88. The minimum absolute atomic E-state index is 0. The van der Waals surface area contributed by atoms with Gasteiger partial charge in [0.15, 0.2) is 0 Å². The van der Waals surface area contributed by atoms with Crippen molar-refractivity contribution in [3.8, 4) is 22.5 Å². The summed E-state index contributed by atoms with van der Waals surface area (Å²) in [7, 11) is 0. The van der Waals surface area contributed by atoms with E-state index in [0.717, 1.165) is 17.1 Å². The Hall–Kier alpha value is -1.83. The van der Waals surface area contributed by atoms with Gasteiger partial charge in [-0.25, -0.2) is 0 Å². The van der Waals surface area contributed by atoms with Gasteiger partial charge in [0.2, 0.25) is 0 Å². The molecule has 3 heteroatoms. The molecule has 0 saturated heterocycles. The van der Waals surface area contributed by atoms with Crippen molar-refractivity contribution in [2.45, 2.75) is 45.4 Å². The molecule has 1 aromatic heterocycles. The molecule has 0 fully saturated rings. The van der Waals surface area contributed by atoms with E-state index in [1.165, 1.54) is 22.3 Å². The summed E-state index contributed by atoms with van der Waals surface area (Å²) in [6, 6.07) is 18.3. The fourth-order valence-electron chi connectivity index (χ4n) is 3.84. The number of hydrogen-bond acceptors (Lipinski definition) is 2. The van der Waals surface area contributed by atoms with Crippen LogP contribution in [0.3, 0.4) is 0 Å². The van der Waals surface area contributed by atoms with Crippen molar-refractivity contribution in [2.75, 3.05) is 0 Å². The quantitative estimate of drug-likeness (QED) is 0.394. The summed E-state index contributed by atoms with van der Waals surface area (Å²) in [4.78, 5) is 9.46. The van der Waals surface area contributed by atoms with Crippen LogP contribution in [0.4, 0.5) is 0 Å². The molecule has 135 valence electrons. The van der Waals surface area contributed by atoms with Crippen molar-refractivity contribution in [3.63, 3.8) is 0 Å². The van der Waals surface area contributed by atoms with E-state index in [4.69, 9.17) is 4.98 Å². The average molecular weight is 520 g/mol. The molecule has 0 amide bonds. The molecular weight excluding hydrogens is 496 g/mol. The number of hydrogen-bond donors (Lipinski definition) is 0. The molecule has 0 unspecified atom stereocenters. The van der Waals surface area contributed by atoms with Crippen molar-refractivity contribution in [1.82, 2.24) is 9.97 Å². The zero-order chi connectivity index (χ0) is 17.8. The molecule has 0 bridgehead atoms. The second-order valence-electron chi connectivity index (χ2n) is 8.33. The van der Waals surface area contributed by atoms with Crippen LogP contribution in [0.25, 0.3) is 22.5 Å². The Bertz CT molecular complexity index is 968. The number of aromatic nitrogens is 2. The molecule has 0 N–H and O–H groups in total. The van der Waals surface area contributed by atoms with Crippen LogP contribution >= 0.6 is 0 Å². The summed E-state index contributed by atoms with van der Waals surface area (Å²) in [5, 5.41) is 0. The van der Waals surface area contributed by atoms with Crippen molar-refractivity contribution in [2.24, 2.45) is 0 Å². The smallest absolute Gasteiger partial charge is 0.0754 e. The predicted molar refractivity (Wildman–Crippen MR) is 103 cm³/mol. The molecular formula is C23H23IrN2-. The van der Waals surface area contributed by atoms with Crippen molar-refractivity contribution < 1.29 is 20.1 Å². The molecule has 1 heterocycles. The predicted octanol–water partition coefficient (Wildman–Crippen LogP) is 5.55. The summed E-state index contributed by atoms with van der Waals surface area (Å²) in [6.07, 6.45) is 1.87. The van der Waals surface area contributed by atoms with E-state index in [9.17, 15) is 0 Å². The van der Waals surface area contributed by atoms with E-state index in [-0.39, 0.29) is 30.9 Å².